The number of phenols is 2. The lowest BCUT2D eigenvalue weighted by atomic mass is 9.56. The lowest BCUT2D eigenvalue weighted by molar-refractivity contribution is -0.236. The number of aromatic carboxylic acids is 1. The number of hydrogen-bond acceptors (Lipinski definition) is 16. The maximum atomic E-state index is 14.8. The summed E-state index contributed by atoms with van der Waals surface area (Å²) in [5.74, 6) is -6.96. The number of carbonyl (C=O) groups is 4. The minimum Gasteiger partial charge on any atom is -0.507 e. The number of aromatic hydroxyl groups is 2. The molecule has 290 valence electrons. The van der Waals surface area contributed by atoms with Gasteiger partial charge in [0.25, 0.3) is 0 Å². The smallest absolute Gasteiger partial charge is 0.339 e. The molecule has 1 heterocycles. The van der Waals surface area contributed by atoms with Gasteiger partial charge in [-0.15, -0.1) is 0 Å². The molecule has 0 radical (unpaired) electrons. The van der Waals surface area contributed by atoms with Gasteiger partial charge in [0.15, 0.2) is 17.4 Å². The summed E-state index contributed by atoms with van der Waals surface area (Å²) >= 11 is 0. The van der Waals surface area contributed by atoms with Gasteiger partial charge in [-0.1, -0.05) is 6.07 Å². The van der Waals surface area contributed by atoms with Gasteiger partial charge < -0.3 is 59.6 Å². The van der Waals surface area contributed by atoms with Crippen molar-refractivity contribution in [2.45, 2.75) is 74.6 Å². The van der Waals surface area contributed by atoms with E-state index in [9.17, 15) is 49.8 Å². The topological polar surface area (TPSA) is 260 Å². The minimum atomic E-state index is -3.25. The standard InChI is InChI=1S/C37H42N2O15/c1-14-10-16-11-21(40)37(53-6)33(46)24-18(32(45)36(37,49)25(16)28(43)22(14)35(47)48)12-17-23(27(24)42)19(38-8-7-9-50-3)13-20(26(17)41)39-34-31(52-5)29(44)30(51-4)15(2)54-34/h10,12-13,15,21,29-31,34,39-40,42-44,49H,7-9,11H2,1-6H3,(H,47,48)/b38-19+/t15-,21?,29+,30-,31+,34-,36?,37?/m0/s1. The van der Waals surface area contributed by atoms with Crippen molar-refractivity contribution in [2.75, 3.05) is 41.6 Å². The van der Waals surface area contributed by atoms with Gasteiger partial charge in [0.05, 0.1) is 34.7 Å². The molecule has 2 aromatic carbocycles. The van der Waals surface area contributed by atoms with E-state index < -0.39 is 111 Å². The number of hydrogen-bond donors (Lipinski definition) is 7. The first-order chi connectivity index (χ1) is 25.6. The molecule has 0 aromatic heterocycles. The predicted octanol–water partition coefficient (Wildman–Crippen LogP) is 0.305. The van der Waals surface area contributed by atoms with Crippen LogP contribution in [0.4, 0.5) is 0 Å². The quantitative estimate of drug-likeness (QED) is 0.161. The molecule has 54 heavy (non-hydrogen) atoms. The second kappa shape index (κ2) is 14.2. The van der Waals surface area contributed by atoms with Crippen LogP contribution in [0.3, 0.4) is 0 Å². The van der Waals surface area contributed by atoms with Crippen LogP contribution >= 0.6 is 0 Å². The number of carboxylic acid groups (broad SMARTS) is 1. The number of allylic oxidation sites excluding steroid dienone is 2. The molecule has 17 nitrogen and oxygen atoms in total. The Labute approximate surface area is 308 Å². The van der Waals surface area contributed by atoms with E-state index in [4.69, 9.17) is 23.7 Å². The molecule has 1 fully saturated rings. The van der Waals surface area contributed by atoms with Gasteiger partial charge in [-0.2, -0.15) is 0 Å². The van der Waals surface area contributed by atoms with Gasteiger partial charge in [0, 0.05) is 64.7 Å². The highest BCUT2D eigenvalue weighted by Gasteiger charge is 2.72. The van der Waals surface area contributed by atoms with Crippen LogP contribution in [0, 0.1) is 6.92 Å². The third-order valence-electron chi connectivity index (χ3n) is 10.8. The number of aliphatic hydroxyl groups excluding tert-OH is 2. The molecule has 4 aliphatic rings. The molecule has 3 aliphatic carbocycles. The van der Waals surface area contributed by atoms with E-state index in [0.29, 0.717) is 13.0 Å². The van der Waals surface area contributed by atoms with Gasteiger partial charge in [-0.05, 0) is 43.5 Å². The van der Waals surface area contributed by atoms with Crippen molar-refractivity contribution in [2.24, 2.45) is 4.99 Å². The number of fused-ring (bicyclic) bond motifs is 5. The summed E-state index contributed by atoms with van der Waals surface area (Å²) in [4.78, 5) is 60.6. The number of rotatable bonds is 10. The molecule has 2 aromatic rings. The van der Waals surface area contributed by atoms with Gasteiger partial charge in [-0.3, -0.25) is 19.4 Å². The molecule has 8 atom stereocenters. The lowest BCUT2D eigenvalue weighted by Crippen LogP contribution is -2.73. The summed E-state index contributed by atoms with van der Waals surface area (Å²) in [5.41, 5.74) is -9.56. The van der Waals surface area contributed by atoms with Crippen molar-refractivity contribution in [1.82, 2.24) is 5.32 Å². The highest BCUT2D eigenvalue weighted by atomic mass is 16.6. The summed E-state index contributed by atoms with van der Waals surface area (Å²) < 4.78 is 27.6. The first-order valence-electron chi connectivity index (χ1n) is 17.1. The largest absolute Gasteiger partial charge is 0.507 e. The Morgan fingerprint density at radius 3 is 2.30 bits per heavy atom. The second-order valence-electron chi connectivity index (χ2n) is 13.7. The Kier molecular flexibility index (Phi) is 10.3. The summed E-state index contributed by atoms with van der Waals surface area (Å²) in [7, 11) is 5.17. The maximum absolute atomic E-state index is 14.8. The van der Waals surface area contributed by atoms with Gasteiger partial charge >= 0.3 is 5.97 Å². The highest BCUT2D eigenvalue weighted by molar-refractivity contribution is 6.31. The number of Topliss-reactive ketones (excluding diaryl/α,β-unsaturated/α-hetero) is 3. The van der Waals surface area contributed by atoms with E-state index in [1.54, 1.807) is 6.92 Å². The number of ketones is 3. The predicted molar refractivity (Wildman–Crippen MR) is 185 cm³/mol. The molecule has 1 aliphatic heterocycles. The second-order valence-corrected chi connectivity index (χ2v) is 13.7. The average Bonchev–Trinajstić information content (AvgIpc) is 3.10. The fourth-order valence-corrected chi connectivity index (χ4v) is 8.31. The Morgan fingerprint density at radius 2 is 1.69 bits per heavy atom. The summed E-state index contributed by atoms with van der Waals surface area (Å²) in [6.45, 7) is 3.46. The fraction of sp³-hybridized carbons (Fsp3) is 0.486. The Bertz CT molecular complexity index is 2010. The Hall–Kier alpha value is -4.59. The number of methoxy groups -OCH3 is 4. The van der Waals surface area contributed by atoms with Crippen LogP contribution in [-0.2, 0) is 35.7 Å². The summed E-state index contributed by atoms with van der Waals surface area (Å²) in [6.07, 6.45) is -5.48. The molecular weight excluding hydrogens is 712 g/mol. The van der Waals surface area contributed by atoms with Crippen molar-refractivity contribution in [3.05, 3.63) is 68.4 Å². The van der Waals surface area contributed by atoms with E-state index in [0.717, 1.165) is 13.2 Å². The van der Waals surface area contributed by atoms with Crippen LogP contribution in [0.1, 0.15) is 77.0 Å². The number of carbonyl (C=O) groups excluding carboxylic acids is 3. The Morgan fingerprint density at radius 1 is 1.00 bits per heavy atom. The minimum absolute atomic E-state index is 0.00190. The zero-order chi connectivity index (χ0) is 39.6. The first-order valence-corrected chi connectivity index (χ1v) is 17.1. The number of phenolic OH excluding ortho intramolecular Hbond substituents is 1. The summed E-state index contributed by atoms with van der Waals surface area (Å²) in [5, 5.41) is 71.2. The van der Waals surface area contributed by atoms with Crippen LogP contribution in [0.2, 0.25) is 0 Å². The molecule has 0 bridgehead atoms. The third kappa shape index (κ3) is 5.41. The molecule has 1 saturated heterocycles. The van der Waals surface area contributed by atoms with Gasteiger partial charge in [-0.25, -0.2) is 4.79 Å². The van der Waals surface area contributed by atoms with E-state index in [1.165, 1.54) is 40.4 Å². The number of nitrogens with one attached hydrogen (secondary N) is 1. The number of ether oxygens (including phenoxy) is 5. The number of carboxylic acids is 1. The van der Waals surface area contributed by atoms with Crippen LogP contribution in [-0.4, -0.2) is 144 Å². The summed E-state index contributed by atoms with van der Waals surface area (Å²) in [6, 6.07) is 2.25. The first kappa shape index (κ1) is 39.1. The van der Waals surface area contributed by atoms with E-state index >= 15 is 0 Å². The molecule has 6 rings (SSSR count). The van der Waals surface area contributed by atoms with Crippen LogP contribution in [0.15, 0.2) is 28.9 Å². The lowest BCUT2D eigenvalue weighted by Gasteiger charge is -2.53. The Balaban J connectivity index is 1.56. The van der Waals surface area contributed by atoms with Gasteiger partial charge in [0.1, 0.15) is 35.4 Å². The number of nitrogens with zero attached hydrogens (tertiary/aromatic N) is 1. The SMILES string of the molecule is COCCC/N=C1\C=C(N[C@H]2O[C@@H](C)[C@H](OC)[C@@H](O)[C@H]2OC)C(=O)c2cc3c(c(O)c21)C(=O)C1(OC)C(O)Cc2cc(C)c(C(=O)O)c(O)c2C1(O)C3=O. The normalized spacial score (nSPS) is 31.0. The highest BCUT2D eigenvalue weighted by Crippen LogP contribution is 2.56. The zero-order valence-corrected chi connectivity index (χ0v) is 30.3. The maximum Gasteiger partial charge on any atom is 0.339 e. The van der Waals surface area contributed by atoms with E-state index in [-0.39, 0.29) is 40.2 Å². The monoisotopic (exact) mass is 754 g/mol. The van der Waals surface area contributed by atoms with Crippen molar-refractivity contribution < 1.29 is 73.5 Å². The van der Waals surface area contributed by atoms with E-state index in [2.05, 4.69) is 10.3 Å². The zero-order valence-electron chi connectivity index (χ0n) is 30.3. The molecule has 0 spiro atoms. The van der Waals surface area contributed by atoms with Crippen LogP contribution in [0.5, 0.6) is 11.5 Å². The van der Waals surface area contributed by atoms with Crippen LogP contribution in [0.25, 0.3) is 0 Å². The number of aliphatic imine (C=N–C) groups is 1. The van der Waals surface area contributed by atoms with Crippen molar-refractivity contribution in [3.63, 3.8) is 0 Å². The molecule has 7 N–H and O–H groups in total. The molecule has 0 amide bonds. The fourth-order valence-electron chi connectivity index (χ4n) is 8.31. The van der Waals surface area contributed by atoms with Crippen molar-refractivity contribution in [3.8, 4) is 11.5 Å². The molecule has 0 saturated carbocycles. The number of aliphatic hydroxyl groups is 3. The molecule has 3 unspecified atom stereocenters. The number of aryl methyl sites for hydroxylation is 1. The third-order valence-corrected chi connectivity index (χ3v) is 10.8. The van der Waals surface area contributed by atoms with Crippen molar-refractivity contribution >= 4 is 29.0 Å². The molecule has 17 heteroatoms. The van der Waals surface area contributed by atoms with Crippen LogP contribution < -0.4 is 5.32 Å². The molecular formula is C37H42N2O15. The van der Waals surface area contributed by atoms with Gasteiger partial charge in [0.2, 0.25) is 17.3 Å². The average molecular weight is 755 g/mol. The van der Waals surface area contributed by atoms with E-state index in [1.807, 2.05) is 0 Å². The van der Waals surface area contributed by atoms with Crippen molar-refractivity contribution in [1.29, 1.82) is 0 Å². The number of benzene rings is 2.